The number of rotatable bonds is 2. The van der Waals surface area contributed by atoms with Crippen molar-refractivity contribution in [1.82, 2.24) is 0 Å². The van der Waals surface area contributed by atoms with E-state index in [1.54, 1.807) is 13.0 Å². The van der Waals surface area contributed by atoms with Crippen molar-refractivity contribution in [2.45, 2.75) is 95.0 Å². The number of aromatic hydroxyl groups is 1. The van der Waals surface area contributed by atoms with Gasteiger partial charge in [0.25, 0.3) is 0 Å². The molecule has 0 spiro atoms. The Morgan fingerprint density at radius 3 is 2.40 bits per heavy atom. The normalized spacial score (nSPS) is 35.0. The van der Waals surface area contributed by atoms with Crippen molar-refractivity contribution in [1.29, 1.82) is 0 Å². The number of phenolic OH excluding ortho intramolecular Hbond substituents is 1. The number of aliphatic hydroxyl groups is 1. The number of methoxy groups -OCH3 is 1. The maximum absolute atomic E-state index is 13.9. The van der Waals surface area contributed by atoms with Crippen LogP contribution in [-0.2, 0) is 30.2 Å². The smallest absolute Gasteiger partial charge is 0.198 e. The highest BCUT2D eigenvalue weighted by Crippen LogP contribution is 2.47. The van der Waals surface area contributed by atoms with Crippen molar-refractivity contribution in [3.8, 4) is 11.5 Å². The lowest BCUT2D eigenvalue weighted by Crippen LogP contribution is -2.60. The predicted molar refractivity (Wildman–Crippen MR) is 147 cm³/mol. The fourth-order valence-corrected chi connectivity index (χ4v) is 7.22. The lowest BCUT2D eigenvalue weighted by molar-refractivity contribution is -0.347. The van der Waals surface area contributed by atoms with Crippen LogP contribution in [0.3, 0.4) is 0 Å². The maximum Gasteiger partial charge on any atom is 0.198 e. The summed E-state index contributed by atoms with van der Waals surface area (Å²) in [5.74, 6) is -1.88. The molecule has 11 nitrogen and oxygen atoms in total. The summed E-state index contributed by atoms with van der Waals surface area (Å²) in [6.45, 7) is 5.03. The summed E-state index contributed by atoms with van der Waals surface area (Å²) < 4.78 is 29.8. The monoisotopic (exact) mass is 592 g/mol. The van der Waals surface area contributed by atoms with Gasteiger partial charge < -0.3 is 33.9 Å². The van der Waals surface area contributed by atoms with E-state index in [2.05, 4.69) is 0 Å². The van der Waals surface area contributed by atoms with E-state index in [4.69, 9.17) is 23.7 Å². The number of hydrogen-bond acceptors (Lipinski definition) is 11. The van der Waals surface area contributed by atoms with E-state index >= 15 is 0 Å². The van der Waals surface area contributed by atoms with Crippen LogP contribution in [0, 0.1) is 0 Å². The Labute approximate surface area is 247 Å². The van der Waals surface area contributed by atoms with Gasteiger partial charge in [0.2, 0.25) is 0 Å². The van der Waals surface area contributed by atoms with Crippen LogP contribution in [-0.4, -0.2) is 82.9 Å². The molecule has 0 saturated carbocycles. The molecule has 3 heterocycles. The molecule has 3 saturated heterocycles. The number of carbonyl (C=O) groups excluding carboxylic acids is 4. The minimum absolute atomic E-state index is 0.0231. The molecule has 0 bridgehead atoms. The van der Waals surface area contributed by atoms with Gasteiger partial charge >= 0.3 is 0 Å². The van der Waals surface area contributed by atoms with Gasteiger partial charge in [-0.25, -0.2) is 0 Å². The molecule has 3 aliphatic heterocycles. The number of hydrogen-bond donors (Lipinski definition) is 2. The molecule has 2 aromatic carbocycles. The van der Waals surface area contributed by atoms with Gasteiger partial charge in [-0.2, -0.15) is 0 Å². The Hall–Kier alpha value is -3.48. The van der Waals surface area contributed by atoms with Gasteiger partial charge in [0.15, 0.2) is 29.4 Å². The molecule has 2 N–H and O–H groups in total. The van der Waals surface area contributed by atoms with Crippen LogP contribution in [0.4, 0.5) is 0 Å². The van der Waals surface area contributed by atoms with Gasteiger partial charge in [0.05, 0.1) is 36.6 Å². The van der Waals surface area contributed by atoms with E-state index in [-0.39, 0.29) is 70.8 Å². The van der Waals surface area contributed by atoms with Crippen LogP contribution in [0.25, 0.3) is 0 Å². The maximum atomic E-state index is 13.9. The average Bonchev–Trinajstić information content (AvgIpc) is 2.94. The number of ether oxygens (including phenoxy) is 5. The highest BCUT2D eigenvalue weighted by Gasteiger charge is 2.51. The average molecular weight is 593 g/mol. The van der Waals surface area contributed by atoms with E-state index < -0.39 is 65.9 Å². The summed E-state index contributed by atoms with van der Waals surface area (Å²) in [5, 5.41) is 22.1. The molecular weight excluding hydrogens is 560 g/mol. The molecule has 43 heavy (non-hydrogen) atoms. The number of fused-ring (bicyclic) bond motifs is 6. The first kappa shape index (κ1) is 28.3. The number of Topliss-reactive ketones (excluding diaryl/α,β-unsaturated/α-hetero) is 2. The van der Waals surface area contributed by atoms with E-state index in [0.29, 0.717) is 11.1 Å². The van der Waals surface area contributed by atoms with E-state index in [9.17, 15) is 29.4 Å². The molecule has 2 aliphatic carbocycles. The Balaban J connectivity index is 1.24. The summed E-state index contributed by atoms with van der Waals surface area (Å²) in [7, 11) is 1.39. The Morgan fingerprint density at radius 1 is 0.907 bits per heavy atom. The second-order valence-electron chi connectivity index (χ2n) is 12.4. The van der Waals surface area contributed by atoms with Gasteiger partial charge in [0, 0.05) is 59.1 Å². The van der Waals surface area contributed by atoms with Gasteiger partial charge in [0.1, 0.15) is 29.8 Å². The standard InChI is InChI=1S/C32H32O11/c1-12-18(33)8-23-31(41-12)43-30-13(2)40-21(9-22(30)42-23)14-5-6-15-26(27(14)35)29(37)16-7-20(39-4)17-10-32(3,38)11-19(34)24(17)25(16)28(15)36/h5-7,12-13,21-23,30-31,35,38H,8-11H2,1-4H3/t12-,13+,21+,22+,23+,30-,31+,32+/m0/s1. The van der Waals surface area contributed by atoms with Crippen LogP contribution in [0.1, 0.15) is 99.5 Å². The van der Waals surface area contributed by atoms with Crippen molar-refractivity contribution < 1.29 is 53.1 Å². The molecule has 11 heteroatoms. The van der Waals surface area contributed by atoms with Crippen LogP contribution in [0.5, 0.6) is 11.5 Å². The first-order chi connectivity index (χ1) is 20.4. The topological polar surface area (TPSA) is 155 Å². The van der Waals surface area contributed by atoms with Crippen LogP contribution >= 0.6 is 0 Å². The fraction of sp³-hybridized carbons (Fsp3) is 0.500. The zero-order valence-electron chi connectivity index (χ0n) is 24.2. The molecule has 0 radical (unpaired) electrons. The van der Waals surface area contributed by atoms with Crippen LogP contribution < -0.4 is 4.74 Å². The minimum Gasteiger partial charge on any atom is -0.507 e. The number of ketones is 4. The third-order valence-electron chi connectivity index (χ3n) is 9.28. The first-order valence-electron chi connectivity index (χ1n) is 14.5. The molecule has 0 amide bonds. The van der Waals surface area contributed by atoms with Crippen LogP contribution in [0.2, 0.25) is 0 Å². The lowest BCUT2D eigenvalue weighted by Gasteiger charge is -2.49. The molecule has 7 rings (SSSR count). The summed E-state index contributed by atoms with van der Waals surface area (Å²) >= 11 is 0. The molecule has 3 fully saturated rings. The largest absolute Gasteiger partial charge is 0.507 e. The summed E-state index contributed by atoms with van der Waals surface area (Å²) in [6, 6.07) is 4.42. The Kier molecular flexibility index (Phi) is 6.43. The Morgan fingerprint density at radius 2 is 1.65 bits per heavy atom. The Bertz CT molecular complexity index is 1610. The van der Waals surface area contributed by atoms with Crippen molar-refractivity contribution in [2.75, 3.05) is 7.11 Å². The van der Waals surface area contributed by atoms with Gasteiger partial charge in [-0.15, -0.1) is 0 Å². The number of phenols is 1. The lowest BCUT2D eigenvalue weighted by atomic mass is 9.72. The first-order valence-corrected chi connectivity index (χ1v) is 14.5. The summed E-state index contributed by atoms with van der Waals surface area (Å²) in [4.78, 5) is 53.3. The zero-order valence-corrected chi connectivity index (χ0v) is 24.2. The molecule has 0 aromatic heterocycles. The predicted octanol–water partition coefficient (Wildman–Crippen LogP) is 2.76. The zero-order chi connectivity index (χ0) is 30.5. The van der Waals surface area contributed by atoms with Crippen LogP contribution in [0.15, 0.2) is 18.2 Å². The van der Waals surface area contributed by atoms with Crippen molar-refractivity contribution >= 4 is 23.1 Å². The second kappa shape index (κ2) is 9.76. The highest BCUT2D eigenvalue weighted by molar-refractivity contribution is 6.32. The second-order valence-corrected chi connectivity index (χ2v) is 12.4. The molecule has 226 valence electrons. The molecule has 2 aromatic rings. The summed E-state index contributed by atoms with van der Waals surface area (Å²) in [5.41, 5.74) is -0.829. The number of carbonyl (C=O) groups is 4. The van der Waals surface area contributed by atoms with E-state index in [1.807, 2.05) is 6.92 Å². The third-order valence-corrected chi connectivity index (χ3v) is 9.28. The van der Waals surface area contributed by atoms with E-state index in [1.165, 1.54) is 26.2 Å². The van der Waals surface area contributed by atoms with Gasteiger partial charge in [-0.1, -0.05) is 6.07 Å². The summed E-state index contributed by atoms with van der Waals surface area (Å²) in [6.07, 6.45) is -3.62. The molecular formula is C32H32O11. The van der Waals surface area contributed by atoms with Crippen molar-refractivity contribution in [2.24, 2.45) is 0 Å². The highest BCUT2D eigenvalue weighted by atomic mass is 16.7. The molecule has 8 atom stereocenters. The third kappa shape index (κ3) is 4.28. The van der Waals surface area contributed by atoms with E-state index in [0.717, 1.165) is 0 Å². The van der Waals surface area contributed by atoms with Gasteiger partial charge in [-0.3, -0.25) is 19.2 Å². The van der Waals surface area contributed by atoms with Crippen molar-refractivity contribution in [3.63, 3.8) is 0 Å². The van der Waals surface area contributed by atoms with Gasteiger partial charge in [-0.05, 0) is 32.9 Å². The van der Waals surface area contributed by atoms with Crippen molar-refractivity contribution in [3.05, 3.63) is 57.1 Å². The SMILES string of the molecule is COc1cc2c(c3c1C[C@@](C)(O)CC3=O)C(=O)c1ccc([C@H]3C[C@H]4O[C@@H]5CC(=O)[C@H](C)O[C@@H]5O[C@H]4[C@@H](C)O3)c(O)c1C2=O. The quantitative estimate of drug-likeness (QED) is 0.451. The molecule has 5 aliphatic rings. The minimum atomic E-state index is -1.32. The fourth-order valence-electron chi connectivity index (χ4n) is 7.22. The number of benzene rings is 2. The molecule has 0 unspecified atom stereocenters.